The summed E-state index contributed by atoms with van der Waals surface area (Å²) in [4.78, 5) is 13.1. The van der Waals surface area contributed by atoms with Crippen molar-refractivity contribution in [2.75, 3.05) is 7.05 Å². The third-order valence-electron chi connectivity index (χ3n) is 2.81. The number of amides is 1. The minimum absolute atomic E-state index is 0.0337. The zero-order valence-corrected chi connectivity index (χ0v) is 11.4. The molecular weight excluding hydrogens is 290 g/mol. The molecular formula is C10H12BrN3OS. The molecule has 2 rings (SSSR count). The van der Waals surface area contributed by atoms with Crippen molar-refractivity contribution in [2.24, 2.45) is 0 Å². The highest BCUT2D eigenvalue weighted by molar-refractivity contribution is 9.11. The van der Waals surface area contributed by atoms with Crippen molar-refractivity contribution in [1.82, 2.24) is 10.2 Å². The summed E-state index contributed by atoms with van der Waals surface area (Å²) in [7, 11) is 1.61. The molecule has 2 heterocycles. The lowest BCUT2D eigenvalue weighted by molar-refractivity contribution is -0.129. The molecule has 4 nitrogen and oxygen atoms in total. The third kappa shape index (κ3) is 1.87. The van der Waals surface area contributed by atoms with Gasteiger partial charge in [-0.25, -0.2) is 0 Å². The van der Waals surface area contributed by atoms with Crippen molar-refractivity contribution in [2.45, 2.75) is 18.9 Å². The molecule has 0 aromatic carbocycles. The number of carbonyl (C=O) groups is 1. The second kappa shape index (κ2) is 3.85. The number of carbonyl (C=O) groups excluding carboxylic acids is 1. The summed E-state index contributed by atoms with van der Waals surface area (Å²) in [6.45, 7) is 1.95. The van der Waals surface area contributed by atoms with Gasteiger partial charge in [-0.1, -0.05) is 0 Å². The van der Waals surface area contributed by atoms with Crippen LogP contribution in [0.25, 0.3) is 0 Å². The first-order valence-electron chi connectivity index (χ1n) is 4.80. The van der Waals surface area contributed by atoms with E-state index < -0.39 is 5.54 Å². The molecule has 0 saturated carbocycles. The smallest absolute Gasteiger partial charge is 0.231 e. The topological polar surface area (TPSA) is 56.2 Å². The van der Waals surface area contributed by atoms with E-state index in [1.807, 2.05) is 18.4 Å². The van der Waals surface area contributed by atoms with Crippen molar-refractivity contribution in [3.8, 4) is 0 Å². The van der Waals surface area contributed by atoms with Crippen LogP contribution in [0.5, 0.6) is 0 Å². The molecule has 16 heavy (non-hydrogen) atoms. The standard InChI is InChI=1S/C10H12BrN3OS/c1-10(6-3-7(11)16-5-6)4-8(15)14(2)9(12)13-10/h3,5H,4H2,1-2H3,(H2,12,13)/t10-/m0/s1. The monoisotopic (exact) mass is 301 g/mol. The fourth-order valence-corrected chi connectivity index (χ4v) is 3.00. The van der Waals surface area contributed by atoms with Crippen LogP contribution >= 0.6 is 27.3 Å². The molecule has 0 spiro atoms. The van der Waals surface area contributed by atoms with Crippen molar-refractivity contribution in [3.63, 3.8) is 0 Å². The molecule has 6 heteroatoms. The molecule has 1 fully saturated rings. The predicted octanol–water partition coefficient (Wildman–Crippen LogP) is 2.11. The Bertz CT molecular complexity index is 439. The number of hydrogen-bond donors (Lipinski definition) is 2. The maximum Gasteiger partial charge on any atom is 0.231 e. The Labute approximate surface area is 106 Å². The Hall–Kier alpha value is -0.880. The highest BCUT2D eigenvalue weighted by atomic mass is 79.9. The van der Waals surface area contributed by atoms with E-state index in [0.717, 1.165) is 9.35 Å². The van der Waals surface area contributed by atoms with Gasteiger partial charge in [-0.3, -0.25) is 15.1 Å². The fourth-order valence-electron chi connectivity index (χ4n) is 1.71. The number of guanidine groups is 1. The lowest BCUT2D eigenvalue weighted by Gasteiger charge is -2.38. The van der Waals surface area contributed by atoms with Gasteiger partial charge in [0.05, 0.1) is 15.7 Å². The van der Waals surface area contributed by atoms with Crippen LogP contribution in [0.3, 0.4) is 0 Å². The molecule has 1 amide bonds. The van der Waals surface area contributed by atoms with Crippen molar-refractivity contribution in [1.29, 1.82) is 5.41 Å². The third-order valence-corrected chi connectivity index (χ3v) is 4.32. The number of nitrogens with one attached hydrogen (secondary N) is 2. The van der Waals surface area contributed by atoms with E-state index in [1.54, 1.807) is 18.4 Å². The maximum atomic E-state index is 11.7. The lowest BCUT2D eigenvalue weighted by Crippen LogP contribution is -2.58. The van der Waals surface area contributed by atoms with E-state index in [9.17, 15) is 4.79 Å². The van der Waals surface area contributed by atoms with Crippen LogP contribution in [0, 0.1) is 5.41 Å². The zero-order chi connectivity index (χ0) is 11.9. The van der Waals surface area contributed by atoms with Gasteiger partial charge >= 0.3 is 0 Å². The number of nitrogens with zero attached hydrogens (tertiary/aromatic N) is 1. The van der Waals surface area contributed by atoms with Crippen LogP contribution in [0.15, 0.2) is 15.2 Å². The number of hydrogen-bond acceptors (Lipinski definition) is 3. The molecule has 1 aromatic rings. The van der Waals surface area contributed by atoms with E-state index in [1.165, 1.54) is 4.90 Å². The summed E-state index contributed by atoms with van der Waals surface area (Å²) in [6.07, 6.45) is 0.370. The van der Waals surface area contributed by atoms with Crippen LogP contribution in [-0.2, 0) is 10.3 Å². The van der Waals surface area contributed by atoms with E-state index in [4.69, 9.17) is 5.41 Å². The SMILES string of the molecule is CN1C(=N)N[C@](C)(c2csc(Br)c2)CC1=O. The second-order valence-electron chi connectivity index (χ2n) is 4.07. The molecule has 1 aromatic heterocycles. The van der Waals surface area contributed by atoms with Gasteiger partial charge in [0.15, 0.2) is 5.96 Å². The van der Waals surface area contributed by atoms with Gasteiger partial charge < -0.3 is 5.32 Å². The fraction of sp³-hybridized carbons (Fsp3) is 0.400. The average molecular weight is 302 g/mol. The Morgan fingerprint density at radius 1 is 1.69 bits per heavy atom. The van der Waals surface area contributed by atoms with Crippen molar-refractivity contribution in [3.05, 3.63) is 20.8 Å². The van der Waals surface area contributed by atoms with Gasteiger partial charge in [0, 0.05) is 7.05 Å². The zero-order valence-electron chi connectivity index (χ0n) is 9.00. The average Bonchev–Trinajstić information content (AvgIpc) is 2.62. The first-order valence-corrected chi connectivity index (χ1v) is 6.47. The van der Waals surface area contributed by atoms with Gasteiger partial charge in [-0.2, -0.15) is 0 Å². The van der Waals surface area contributed by atoms with Crippen LogP contribution in [-0.4, -0.2) is 23.8 Å². The molecule has 1 aliphatic heterocycles. The Morgan fingerprint density at radius 2 is 2.38 bits per heavy atom. The van der Waals surface area contributed by atoms with Crippen molar-refractivity contribution < 1.29 is 4.79 Å². The molecule has 1 saturated heterocycles. The van der Waals surface area contributed by atoms with E-state index in [-0.39, 0.29) is 11.9 Å². The van der Waals surface area contributed by atoms with Crippen LogP contribution in [0.2, 0.25) is 0 Å². The number of thiophene rings is 1. The second-order valence-corrected chi connectivity index (χ2v) is 6.37. The molecule has 1 aliphatic rings. The first-order chi connectivity index (χ1) is 7.42. The molecule has 2 N–H and O–H groups in total. The summed E-state index contributed by atoms with van der Waals surface area (Å²) < 4.78 is 1.03. The summed E-state index contributed by atoms with van der Waals surface area (Å²) in [5, 5.41) is 12.8. The Balaban J connectivity index is 2.33. The normalized spacial score (nSPS) is 25.8. The van der Waals surface area contributed by atoms with Gasteiger partial charge in [0.1, 0.15) is 0 Å². The van der Waals surface area contributed by atoms with E-state index in [0.29, 0.717) is 6.42 Å². The minimum atomic E-state index is -0.469. The van der Waals surface area contributed by atoms with Gasteiger partial charge in [-0.15, -0.1) is 11.3 Å². The van der Waals surface area contributed by atoms with E-state index >= 15 is 0 Å². The first kappa shape index (κ1) is 11.6. The largest absolute Gasteiger partial charge is 0.346 e. The molecule has 1 atom stereocenters. The lowest BCUT2D eigenvalue weighted by atomic mass is 9.89. The van der Waals surface area contributed by atoms with Crippen LogP contribution in [0.1, 0.15) is 18.9 Å². The number of rotatable bonds is 1. The Morgan fingerprint density at radius 3 is 2.88 bits per heavy atom. The quantitative estimate of drug-likeness (QED) is 0.835. The van der Waals surface area contributed by atoms with Crippen LogP contribution < -0.4 is 5.32 Å². The molecule has 0 aliphatic carbocycles. The molecule has 0 unspecified atom stereocenters. The molecule has 86 valence electrons. The van der Waals surface area contributed by atoms with Crippen molar-refractivity contribution >= 4 is 39.1 Å². The van der Waals surface area contributed by atoms with Crippen LogP contribution in [0.4, 0.5) is 0 Å². The van der Waals surface area contributed by atoms with E-state index in [2.05, 4.69) is 21.2 Å². The number of halogens is 1. The summed E-state index contributed by atoms with van der Waals surface area (Å²) in [6, 6.07) is 1.99. The highest BCUT2D eigenvalue weighted by Crippen LogP contribution is 2.33. The Kier molecular flexibility index (Phi) is 2.79. The molecule has 0 radical (unpaired) electrons. The highest BCUT2D eigenvalue weighted by Gasteiger charge is 2.38. The maximum absolute atomic E-state index is 11.7. The minimum Gasteiger partial charge on any atom is -0.346 e. The summed E-state index contributed by atoms with van der Waals surface area (Å²) >= 11 is 4.99. The predicted molar refractivity (Wildman–Crippen MR) is 67.6 cm³/mol. The molecule has 0 bridgehead atoms. The summed E-state index contributed by atoms with van der Waals surface area (Å²) in [5.74, 6) is 0.120. The van der Waals surface area contributed by atoms with Gasteiger partial charge in [0.2, 0.25) is 5.91 Å². The van der Waals surface area contributed by atoms with Gasteiger partial charge in [-0.05, 0) is 39.9 Å². The van der Waals surface area contributed by atoms with Gasteiger partial charge in [0.25, 0.3) is 0 Å². The summed E-state index contributed by atoms with van der Waals surface area (Å²) in [5.41, 5.74) is 0.569.